The number of esters is 1. The molecular formula is C27H22BrFN2O5S. The minimum absolute atomic E-state index is 0.159. The number of ether oxygens (including phenoxy) is 3. The van der Waals surface area contributed by atoms with E-state index in [1.807, 2.05) is 6.07 Å². The number of halogens is 2. The molecule has 190 valence electrons. The Morgan fingerprint density at radius 2 is 1.89 bits per heavy atom. The maximum Gasteiger partial charge on any atom is 0.337 e. The van der Waals surface area contributed by atoms with Gasteiger partial charge in [-0.05, 0) is 93.4 Å². The van der Waals surface area contributed by atoms with Gasteiger partial charge in [0, 0.05) is 7.05 Å². The second-order valence-electron chi connectivity index (χ2n) is 7.86. The van der Waals surface area contributed by atoms with E-state index in [1.54, 1.807) is 55.6 Å². The molecule has 1 aliphatic heterocycles. The van der Waals surface area contributed by atoms with E-state index >= 15 is 0 Å². The number of likely N-dealkylation sites (N-methyl/N-ethyl adjacent to an activating group) is 1. The number of carbonyl (C=O) groups is 2. The standard InChI is InChI=1S/C27H22BrFN2O5S/c1-31-25(32)23(37-27(31)30-20-9-7-18(8-10-20)26(33)35-3)14-17-12-21(28)24(22(13-17)34-2)36-15-16-5-4-6-19(29)11-16/h4-14H,15H2,1-3H3/b23-14-,30-27?. The van der Waals surface area contributed by atoms with Crippen molar-refractivity contribution in [2.75, 3.05) is 21.3 Å². The molecule has 0 atom stereocenters. The highest BCUT2D eigenvalue weighted by atomic mass is 79.9. The summed E-state index contributed by atoms with van der Waals surface area (Å²) < 4.78 is 30.2. The van der Waals surface area contributed by atoms with E-state index in [9.17, 15) is 14.0 Å². The lowest BCUT2D eigenvalue weighted by Crippen LogP contribution is -2.23. The first-order valence-electron chi connectivity index (χ1n) is 11.0. The zero-order chi connectivity index (χ0) is 26.5. The molecule has 3 aromatic rings. The zero-order valence-corrected chi connectivity index (χ0v) is 22.6. The van der Waals surface area contributed by atoms with E-state index in [2.05, 4.69) is 20.9 Å². The third kappa shape index (κ3) is 6.20. The van der Waals surface area contributed by atoms with Crippen LogP contribution in [0.3, 0.4) is 0 Å². The van der Waals surface area contributed by atoms with Gasteiger partial charge in [-0.2, -0.15) is 0 Å². The van der Waals surface area contributed by atoms with E-state index in [-0.39, 0.29) is 18.3 Å². The Bertz CT molecular complexity index is 1410. The average Bonchev–Trinajstić information content (AvgIpc) is 3.15. The van der Waals surface area contributed by atoms with E-state index in [0.29, 0.717) is 42.9 Å². The van der Waals surface area contributed by atoms with Crippen LogP contribution < -0.4 is 9.47 Å². The van der Waals surface area contributed by atoms with E-state index in [4.69, 9.17) is 14.2 Å². The molecule has 1 amide bonds. The summed E-state index contributed by atoms with van der Waals surface area (Å²) in [6, 6.07) is 16.3. The van der Waals surface area contributed by atoms with E-state index < -0.39 is 5.97 Å². The van der Waals surface area contributed by atoms with Crippen molar-refractivity contribution in [3.05, 3.63) is 92.5 Å². The average molecular weight is 585 g/mol. The molecule has 1 saturated heterocycles. The molecule has 0 N–H and O–H groups in total. The molecule has 0 spiro atoms. The third-order valence-electron chi connectivity index (χ3n) is 5.34. The fourth-order valence-electron chi connectivity index (χ4n) is 3.45. The van der Waals surface area contributed by atoms with E-state index in [0.717, 1.165) is 5.56 Å². The first-order valence-corrected chi connectivity index (χ1v) is 12.6. The van der Waals surface area contributed by atoms with Crippen molar-refractivity contribution in [3.63, 3.8) is 0 Å². The second kappa shape index (κ2) is 11.6. The smallest absolute Gasteiger partial charge is 0.337 e. The Kier molecular flexibility index (Phi) is 8.30. The van der Waals surface area contributed by atoms with Crippen LogP contribution in [0, 0.1) is 5.82 Å². The van der Waals surface area contributed by atoms with Gasteiger partial charge < -0.3 is 14.2 Å². The molecule has 0 unspecified atom stereocenters. The van der Waals surface area contributed by atoms with Gasteiger partial charge in [-0.3, -0.25) is 9.69 Å². The van der Waals surface area contributed by atoms with Crippen molar-refractivity contribution in [2.24, 2.45) is 4.99 Å². The minimum Gasteiger partial charge on any atom is -0.493 e. The van der Waals surface area contributed by atoms with Crippen LogP contribution >= 0.6 is 27.7 Å². The third-order valence-corrected chi connectivity index (χ3v) is 6.99. The Labute approximate surface area is 226 Å². The summed E-state index contributed by atoms with van der Waals surface area (Å²) in [6.07, 6.45) is 1.75. The molecule has 4 rings (SSSR count). The number of hydrogen-bond donors (Lipinski definition) is 0. The van der Waals surface area contributed by atoms with Gasteiger partial charge in [-0.1, -0.05) is 12.1 Å². The minimum atomic E-state index is -0.432. The van der Waals surface area contributed by atoms with Crippen molar-refractivity contribution < 1.29 is 28.2 Å². The largest absolute Gasteiger partial charge is 0.493 e. The number of nitrogens with zero attached hydrogens (tertiary/aromatic N) is 2. The molecule has 0 aliphatic carbocycles. The van der Waals surface area contributed by atoms with Gasteiger partial charge >= 0.3 is 5.97 Å². The Balaban J connectivity index is 1.54. The molecule has 1 aliphatic rings. The number of methoxy groups -OCH3 is 2. The molecule has 0 aromatic heterocycles. The van der Waals surface area contributed by atoms with Crippen LogP contribution in [-0.4, -0.2) is 43.2 Å². The van der Waals surface area contributed by atoms with Crippen molar-refractivity contribution in [3.8, 4) is 11.5 Å². The van der Waals surface area contributed by atoms with Crippen LogP contribution in [0.2, 0.25) is 0 Å². The Morgan fingerprint density at radius 1 is 1.14 bits per heavy atom. The first-order chi connectivity index (χ1) is 17.8. The predicted molar refractivity (Wildman–Crippen MR) is 145 cm³/mol. The summed E-state index contributed by atoms with van der Waals surface area (Å²) in [4.78, 5) is 31.0. The Morgan fingerprint density at radius 3 is 2.57 bits per heavy atom. The maximum absolute atomic E-state index is 13.5. The molecule has 1 heterocycles. The van der Waals surface area contributed by atoms with Crippen LogP contribution in [0.4, 0.5) is 10.1 Å². The number of thioether (sulfide) groups is 1. The van der Waals surface area contributed by atoms with Gasteiger partial charge in [0.25, 0.3) is 5.91 Å². The molecular weight excluding hydrogens is 563 g/mol. The fourth-order valence-corrected chi connectivity index (χ4v) is 5.01. The molecule has 10 heteroatoms. The van der Waals surface area contributed by atoms with Crippen LogP contribution in [-0.2, 0) is 16.1 Å². The number of amides is 1. The van der Waals surface area contributed by atoms with Crippen molar-refractivity contribution in [1.82, 2.24) is 4.90 Å². The highest BCUT2D eigenvalue weighted by Crippen LogP contribution is 2.39. The van der Waals surface area contributed by atoms with Crippen LogP contribution in [0.1, 0.15) is 21.5 Å². The van der Waals surface area contributed by atoms with Crippen LogP contribution in [0.25, 0.3) is 6.08 Å². The summed E-state index contributed by atoms with van der Waals surface area (Å²) in [7, 11) is 4.49. The lowest BCUT2D eigenvalue weighted by atomic mass is 10.1. The molecule has 1 fully saturated rings. The van der Waals surface area contributed by atoms with Gasteiger partial charge in [0.1, 0.15) is 12.4 Å². The zero-order valence-electron chi connectivity index (χ0n) is 20.2. The molecule has 3 aromatic carbocycles. The lowest BCUT2D eigenvalue weighted by molar-refractivity contribution is -0.121. The fraction of sp³-hybridized carbons (Fsp3) is 0.148. The number of amidine groups is 1. The summed E-state index contributed by atoms with van der Waals surface area (Å²) in [6.45, 7) is 0.159. The number of carbonyl (C=O) groups excluding carboxylic acids is 2. The van der Waals surface area contributed by atoms with Crippen molar-refractivity contribution >= 4 is 56.5 Å². The Hall–Kier alpha value is -3.63. The molecule has 7 nitrogen and oxygen atoms in total. The highest BCUT2D eigenvalue weighted by Gasteiger charge is 2.30. The number of rotatable bonds is 7. The van der Waals surface area contributed by atoms with Crippen molar-refractivity contribution in [2.45, 2.75) is 6.61 Å². The van der Waals surface area contributed by atoms with Gasteiger partial charge in [0.05, 0.1) is 34.8 Å². The summed E-state index contributed by atoms with van der Waals surface area (Å²) in [5.74, 6) is -0.0376. The quantitative estimate of drug-likeness (QED) is 0.243. The molecule has 0 saturated carbocycles. The van der Waals surface area contributed by atoms with Crippen LogP contribution in [0.15, 0.2) is 75.0 Å². The SMILES string of the molecule is COC(=O)c1ccc(N=C2S/C(=C\c3cc(Br)c(OCc4cccc(F)c4)c(OC)c3)C(=O)N2C)cc1. The topological polar surface area (TPSA) is 77.4 Å². The van der Waals surface area contributed by atoms with Crippen molar-refractivity contribution in [1.29, 1.82) is 0 Å². The van der Waals surface area contributed by atoms with Gasteiger partial charge in [-0.25, -0.2) is 14.2 Å². The highest BCUT2D eigenvalue weighted by molar-refractivity contribution is 9.10. The second-order valence-corrected chi connectivity index (χ2v) is 9.72. The monoisotopic (exact) mass is 584 g/mol. The maximum atomic E-state index is 13.5. The number of benzene rings is 3. The molecule has 0 radical (unpaired) electrons. The predicted octanol–water partition coefficient (Wildman–Crippen LogP) is 6.20. The molecule has 0 bridgehead atoms. The normalized spacial score (nSPS) is 15.4. The van der Waals surface area contributed by atoms with Gasteiger partial charge in [-0.15, -0.1) is 0 Å². The summed E-state index contributed by atoms with van der Waals surface area (Å²) in [5.41, 5.74) is 2.41. The van der Waals surface area contributed by atoms with Gasteiger partial charge in [0.15, 0.2) is 16.7 Å². The summed E-state index contributed by atoms with van der Waals surface area (Å²) in [5, 5.41) is 0.503. The summed E-state index contributed by atoms with van der Waals surface area (Å²) >= 11 is 4.75. The number of hydrogen-bond acceptors (Lipinski definition) is 7. The first kappa shape index (κ1) is 26.4. The molecule has 37 heavy (non-hydrogen) atoms. The van der Waals surface area contributed by atoms with Gasteiger partial charge in [0.2, 0.25) is 0 Å². The van der Waals surface area contributed by atoms with Crippen LogP contribution in [0.5, 0.6) is 11.5 Å². The van der Waals surface area contributed by atoms with E-state index in [1.165, 1.54) is 43.0 Å². The lowest BCUT2D eigenvalue weighted by Gasteiger charge is -2.14. The number of aliphatic imine (C=N–C) groups is 1.